The van der Waals surface area contributed by atoms with Crippen molar-refractivity contribution in [2.24, 2.45) is 17.8 Å². The average Bonchev–Trinajstić information content (AvgIpc) is 2.28. The number of carbonyl (C=O) groups is 1. The first-order valence-electron chi connectivity index (χ1n) is 6.32. The fourth-order valence-electron chi connectivity index (χ4n) is 2.26. The summed E-state index contributed by atoms with van der Waals surface area (Å²) in [6.45, 7) is 4.58. The molecule has 0 spiro atoms. The van der Waals surface area contributed by atoms with Gasteiger partial charge in [0.05, 0.1) is 6.07 Å². The highest BCUT2D eigenvalue weighted by Crippen LogP contribution is 2.23. The van der Waals surface area contributed by atoms with Crippen molar-refractivity contribution in [1.82, 2.24) is 5.32 Å². The van der Waals surface area contributed by atoms with Crippen LogP contribution in [0.25, 0.3) is 0 Å². The van der Waals surface area contributed by atoms with E-state index in [1.807, 2.05) is 13.8 Å². The van der Waals surface area contributed by atoms with E-state index < -0.39 is 5.92 Å². The Kier molecular flexibility index (Phi) is 5.31. The minimum absolute atomic E-state index is 0.0938. The second-order valence-electron chi connectivity index (χ2n) is 5.10. The number of hydrogen-bond acceptors (Lipinski definition) is 2. The molecule has 0 aromatic rings. The normalized spacial score (nSPS) is 19.1. The second-order valence-corrected chi connectivity index (χ2v) is 5.10. The topological polar surface area (TPSA) is 52.9 Å². The Balaban J connectivity index is 2.31. The molecule has 1 unspecified atom stereocenters. The molecule has 16 heavy (non-hydrogen) atoms. The smallest absolute Gasteiger partial charge is 0.237 e. The number of nitrogens with one attached hydrogen (secondary N) is 1. The monoisotopic (exact) mass is 222 g/mol. The predicted octanol–water partition coefficient (Wildman–Crippen LogP) is 2.48. The summed E-state index contributed by atoms with van der Waals surface area (Å²) in [5.74, 6) is 0.132. The van der Waals surface area contributed by atoms with Gasteiger partial charge < -0.3 is 5.32 Å². The van der Waals surface area contributed by atoms with Gasteiger partial charge in [0, 0.05) is 6.54 Å². The molecule has 1 amide bonds. The summed E-state index contributed by atoms with van der Waals surface area (Å²) in [6, 6.07) is 2.08. The van der Waals surface area contributed by atoms with Crippen molar-refractivity contribution in [3.63, 3.8) is 0 Å². The van der Waals surface area contributed by atoms with Crippen LogP contribution in [0.5, 0.6) is 0 Å². The molecular formula is C13H22N2O. The molecule has 1 aliphatic carbocycles. The summed E-state index contributed by atoms with van der Waals surface area (Å²) in [5, 5.41) is 11.8. The van der Waals surface area contributed by atoms with Gasteiger partial charge in [0.15, 0.2) is 0 Å². The zero-order chi connectivity index (χ0) is 12.0. The summed E-state index contributed by atoms with van der Waals surface area (Å²) in [6.07, 6.45) is 6.34. The fraction of sp³-hybridized carbons (Fsp3) is 0.846. The van der Waals surface area contributed by atoms with Gasteiger partial charge in [-0.05, 0) is 24.7 Å². The number of hydrogen-bond donors (Lipinski definition) is 1. The highest BCUT2D eigenvalue weighted by atomic mass is 16.1. The largest absolute Gasteiger partial charge is 0.355 e. The molecule has 0 aromatic carbocycles. The third-order valence-electron chi connectivity index (χ3n) is 3.38. The van der Waals surface area contributed by atoms with Gasteiger partial charge in [0.2, 0.25) is 5.91 Å². The van der Waals surface area contributed by atoms with Gasteiger partial charge in [-0.25, -0.2) is 0 Å². The summed E-state index contributed by atoms with van der Waals surface area (Å²) in [7, 11) is 0. The first kappa shape index (κ1) is 13.0. The SMILES string of the molecule is CC(C)C(C#N)C(=O)NCC1CCCCC1. The lowest BCUT2D eigenvalue weighted by Gasteiger charge is -2.22. The highest BCUT2D eigenvalue weighted by Gasteiger charge is 2.22. The van der Waals surface area contributed by atoms with E-state index in [0.717, 1.165) is 6.54 Å². The minimum atomic E-state index is -0.497. The fourth-order valence-corrected chi connectivity index (χ4v) is 2.26. The maximum atomic E-state index is 11.7. The first-order chi connectivity index (χ1) is 7.65. The second kappa shape index (κ2) is 6.52. The van der Waals surface area contributed by atoms with Crippen LogP contribution in [0.3, 0.4) is 0 Å². The van der Waals surface area contributed by atoms with Gasteiger partial charge in [0.25, 0.3) is 0 Å². The first-order valence-corrected chi connectivity index (χ1v) is 6.32. The lowest BCUT2D eigenvalue weighted by atomic mass is 9.89. The van der Waals surface area contributed by atoms with E-state index in [9.17, 15) is 4.79 Å². The quantitative estimate of drug-likeness (QED) is 0.794. The maximum Gasteiger partial charge on any atom is 0.237 e. The van der Waals surface area contributed by atoms with Crippen LogP contribution in [0.15, 0.2) is 0 Å². The minimum Gasteiger partial charge on any atom is -0.355 e. The van der Waals surface area contributed by atoms with Gasteiger partial charge in [-0.1, -0.05) is 33.1 Å². The molecule has 1 aliphatic rings. The molecule has 0 bridgehead atoms. The van der Waals surface area contributed by atoms with E-state index in [0.29, 0.717) is 5.92 Å². The van der Waals surface area contributed by atoms with Crippen molar-refractivity contribution in [3.05, 3.63) is 0 Å². The third kappa shape index (κ3) is 3.84. The van der Waals surface area contributed by atoms with Gasteiger partial charge in [-0.15, -0.1) is 0 Å². The van der Waals surface area contributed by atoms with E-state index in [2.05, 4.69) is 11.4 Å². The van der Waals surface area contributed by atoms with Crippen molar-refractivity contribution in [1.29, 1.82) is 5.26 Å². The average molecular weight is 222 g/mol. The Morgan fingerprint density at radius 3 is 2.50 bits per heavy atom. The van der Waals surface area contributed by atoms with E-state index in [1.165, 1.54) is 32.1 Å². The van der Waals surface area contributed by atoms with E-state index in [1.54, 1.807) is 0 Å². The van der Waals surface area contributed by atoms with E-state index in [4.69, 9.17) is 5.26 Å². The van der Waals surface area contributed by atoms with Crippen LogP contribution in [0.2, 0.25) is 0 Å². The molecule has 1 atom stereocenters. The molecule has 1 rings (SSSR count). The lowest BCUT2D eigenvalue weighted by Crippen LogP contribution is -2.36. The van der Waals surface area contributed by atoms with Crippen molar-refractivity contribution in [2.45, 2.75) is 46.0 Å². The molecule has 3 nitrogen and oxygen atoms in total. The third-order valence-corrected chi connectivity index (χ3v) is 3.38. The van der Waals surface area contributed by atoms with Crippen molar-refractivity contribution < 1.29 is 4.79 Å². The Morgan fingerprint density at radius 2 is 2.00 bits per heavy atom. The van der Waals surface area contributed by atoms with Crippen LogP contribution in [-0.2, 0) is 4.79 Å². The summed E-state index contributed by atoms with van der Waals surface area (Å²) < 4.78 is 0. The zero-order valence-corrected chi connectivity index (χ0v) is 10.3. The van der Waals surface area contributed by atoms with Crippen molar-refractivity contribution in [3.8, 4) is 6.07 Å². The molecule has 0 saturated heterocycles. The molecule has 3 heteroatoms. The molecule has 0 aliphatic heterocycles. The molecule has 90 valence electrons. The molecule has 0 aromatic heterocycles. The maximum absolute atomic E-state index is 11.7. The van der Waals surface area contributed by atoms with E-state index in [-0.39, 0.29) is 11.8 Å². The van der Waals surface area contributed by atoms with Gasteiger partial charge in [-0.2, -0.15) is 5.26 Å². The zero-order valence-electron chi connectivity index (χ0n) is 10.3. The van der Waals surface area contributed by atoms with Gasteiger partial charge in [0.1, 0.15) is 5.92 Å². The summed E-state index contributed by atoms with van der Waals surface area (Å²) >= 11 is 0. The number of amides is 1. The van der Waals surface area contributed by atoms with Crippen LogP contribution < -0.4 is 5.32 Å². The summed E-state index contributed by atoms with van der Waals surface area (Å²) in [4.78, 5) is 11.7. The predicted molar refractivity (Wildman–Crippen MR) is 63.5 cm³/mol. The number of carbonyl (C=O) groups excluding carboxylic acids is 1. The van der Waals surface area contributed by atoms with Crippen LogP contribution in [0, 0.1) is 29.1 Å². The molecule has 0 heterocycles. The number of rotatable bonds is 4. The molecule has 0 radical (unpaired) electrons. The molecule has 1 fully saturated rings. The lowest BCUT2D eigenvalue weighted by molar-refractivity contribution is -0.124. The molecule has 1 N–H and O–H groups in total. The van der Waals surface area contributed by atoms with Gasteiger partial charge >= 0.3 is 0 Å². The summed E-state index contributed by atoms with van der Waals surface area (Å²) in [5.41, 5.74) is 0. The Morgan fingerprint density at radius 1 is 1.38 bits per heavy atom. The Bertz CT molecular complexity index is 262. The van der Waals surface area contributed by atoms with Crippen LogP contribution >= 0.6 is 0 Å². The number of nitrogens with zero attached hydrogens (tertiary/aromatic N) is 1. The number of nitriles is 1. The van der Waals surface area contributed by atoms with Crippen molar-refractivity contribution >= 4 is 5.91 Å². The molecular weight excluding hydrogens is 200 g/mol. The molecule has 1 saturated carbocycles. The van der Waals surface area contributed by atoms with Crippen LogP contribution in [-0.4, -0.2) is 12.5 Å². The van der Waals surface area contributed by atoms with Crippen LogP contribution in [0.4, 0.5) is 0 Å². The highest BCUT2D eigenvalue weighted by molar-refractivity contribution is 5.81. The van der Waals surface area contributed by atoms with Gasteiger partial charge in [-0.3, -0.25) is 4.79 Å². The van der Waals surface area contributed by atoms with E-state index >= 15 is 0 Å². The van der Waals surface area contributed by atoms with Crippen LogP contribution in [0.1, 0.15) is 46.0 Å². The standard InChI is InChI=1S/C13H22N2O/c1-10(2)12(8-14)13(16)15-9-11-6-4-3-5-7-11/h10-12H,3-7,9H2,1-2H3,(H,15,16). The Hall–Kier alpha value is -1.04. The Labute approximate surface area is 98.2 Å². The van der Waals surface area contributed by atoms with Crippen molar-refractivity contribution in [2.75, 3.05) is 6.54 Å².